The van der Waals surface area contributed by atoms with Gasteiger partial charge in [-0.2, -0.15) is 4.98 Å². The molecule has 4 rings (SSSR count). The predicted molar refractivity (Wildman–Crippen MR) is 121 cm³/mol. The quantitative estimate of drug-likeness (QED) is 0.403. The first-order valence-corrected chi connectivity index (χ1v) is 10.1. The smallest absolute Gasteiger partial charge is 0.316 e. The van der Waals surface area contributed by atoms with Crippen LogP contribution in [0.25, 0.3) is 11.1 Å². The van der Waals surface area contributed by atoms with Gasteiger partial charge < -0.3 is 15.4 Å². The lowest BCUT2D eigenvalue weighted by Crippen LogP contribution is -2.10. The molecule has 0 saturated heterocycles. The Morgan fingerprint density at radius 2 is 1.91 bits per heavy atom. The predicted octanol–water partition coefficient (Wildman–Crippen LogP) is 4.53. The number of halogens is 2. The average molecular weight is 452 g/mol. The molecule has 0 aliphatic heterocycles. The Hall–Kier alpha value is -3.85. The second-order valence-electron chi connectivity index (χ2n) is 6.71. The van der Waals surface area contributed by atoms with Crippen LogP contribution in [-0.2, 0) is 6.42 Å². The Bertz CT molecular complexity index is 1190. The van der Waals surface area contributed by atoms with E-state index in [9.17, 15) is 4.39 Å². The third-order valence-corrected chi connectivity index (χ3v) is 4.80. The van der Waals surface area contributed by atoms with Crippen molar-refractivity contribution >= 4 is 29.1 Å². The minimum absolute atomic E-state index is 0.0109. The number of pyridine rings is 1. The summed E-state index contributed by atoms with van der Waals surface area (Å²) in [7, 11) is 1.51. The van der Waals surface area contributed by atoms with E-state index in [4.69, 9.17) is 16.3 Å². The molecule has 0 spiro atoms. The summed E-state index contributed by atoms with van der Waals surface area (Å²) in [5.41, 5.74) is 3.12. The molecule has 0 radical (unpaired) electrons. The fourth-order valence-electron chi connectivity index (χ4n) is 2.92. The molecular weight excluding hydrogens is 433 g/mol. The molecule has 0 saturated carbocycles. The normalized spacial score (nSPS) is 10.6. The SMILES string of the molecule is COc1ncc(-c2cnc(Nc3ccc(F)c(Cl)c3)nc2NCCc2cccnc2)cn1. The summed E-state index contributed by atoms with van der Waals surface area (Å²) in [5, 5.41) is 6.40. The Labute approximate surface area is 188 Å². The maximum absolute atomic E-state index is 13.4. The lowest BCUT2D eigenvalue weighted by atomic mass is 10.1. The monoisotopic (exact) mass is 451 g/mol. The molecule has 0 aliphatic rings. The van der Waals surface area contributed by atoms with Gasteiger partial charge in [0.25, 0.3) is 0 Å². The van der Waals surface area contributed by atoms with Gasteiger partial charge in [-0.1, -0.05) is 17.7 Å². The fraction of sp³-hybridized carbons (Fsp3) is 0.136. The minimum atomic E-state index is -0.495. The van der Waals surface area contributed by atoms with Crippen molar-refractivity contribution in [2.24, 2.45) is 0 Å². The van der Waals surface area contributed by atoms with Crippen LogP contribution in [0.4, 0.5) is 21.8 Å². The summed E-state index contributed by atoms with van der Waals surface area (Å²) >= 11 is 5.87. The molecule has 0 fully saturated rings. The summed E-state index contributed by atoms with van der Waals surface area (Å²) in [6.45, 7) is 0.620. The first-order valence-electron chi connectivity index (χ1n) is 9.70. The van der Waals surface area contributed by atoms with Crippen molar-refractivity contribution in [1.82, 2.24) is 24.9 Å². The summed E-state index contributed by atoms with van der Waals surface area (Å²) in [6, 6.07) is 8.49. The molecule has 0 bridgehead atoms. The number of methoxy groups -OCH3 is 1. The maximum atomic E-state index is 13.4. The number of hydrogen-bond acceptors (Lipinski definition) is 8. The highest BCUT2D eigenvalue weighted by atomic mass is 35.5. The van der Waals surface area contributed by atoms with Crippen LogP contribution in [0.5, 0.6) is 6.01 Å². The molecule has 2 N–H and O–H groups in total. The molecule has 10 heteroatoms. The van der Waals surface area contributed by atoms with Crippen LogP contribution >= 0.6 is 11.6 Å². The molecule has 32 heavy (non-hydrogen) atoms. The third-order valence-electron chi connectivity index (χ3n) is 4.52. The molecule has 0 atom stereocenters. The lowest BCUT2D eigenvalue weighted by Gasteiger charge is -2.13. The largest absolute Gasteiger partial charge is 0.467 e. The highest BCUT2D eigenvalue weighted by molar-refractivity contribution is 6.31. The van der Waals surface area contributed by atoms with E-state index in [0.717, 1.165) is 23.1 Å². The van der Waals surface area contributed by atoms with E-state index in [0.29, 0.717) is 24.0 Å². The average Bonchev–Trinajstić information content (AvgIpc) is 2.82. The lowest BCUT2D eigenvalue weighted by molar-refractivity contribution is 0.380. The van der Waals surface area contributed by atoms with Crippen LogP contribution in [0, 0.1) is 5.82 Å². The molecule has 3 aromatic heterocycles. The van der Waals surface area contributed by atoms with E-state index < -0.39 is 5.82 Å². The van der Waals surface area contributed by atoms with Crippen molar-refractivity contribution in [2.45, 2.75) is 6.42 Å². The highest BCUT2D eigenvalue weighted by Crippen LogP contribution is 2.28. The molecule has 0 aliphatic carbocycles. The second-order valence-corrected chi connectivity index (χ2v) is 7.11. The van der Waals surface area contributed by atoms with Crippen molar-refractivity contribution in [3.63, 3.8) is 0 Å². The Morgan fingerprint density at radius 1 is 1.06 bits per heavy atom. The van der Waals surface area contributed by atoms with Crippen LogP contribution in [-0.4, -0.2) is 38.6 Å². The number of rotatable bonds is 8. The van der Waals surface area contributed by atoms with Crippen LogP contribution in [0.15, 0.2) is 61.3 Å². The van der Waals surface area contributed by atoms with Crippen LogP contribution in [0.2, 0.25) is 5.02 Å². The number of hydrogen-bond donors (Lipinski definition) is 2. The van der Waals surface area contributed by atoms with Gasteiger partial charge in [0, 0.05) is 54.3 Å². The number of anilines is 3. The number of nitrogens with zero attached hydrogens (tertiary/aromatic N) is 5. The number of benzene rings is 1. The molecule has 0 amide bonds. The molecule has 1 aromatic carbocycles. The minimum Gasteiger partial charge on any atom is -0.467 e. The van der Waals surface area contributed by atoms with Gasteiger partial charge in [0.05, 0.1) is 12.1 Å². The van der Waals surface area contributed by atoms with E-state index in [1.807, 2.05) is 18.3 Å². The summed E-state index contributed by atoms with van der Waals surface area (Å²) in [6.07, 6.45) is 9.27. The van der Waals surface area contributed by atoms with Gasteiger partial charge in [0.1, 0.15) is 11.6 Å². The van der Waals surface area contributed by atoms with Gasteiger partial charge in [-0.15, -0.1) is 0 Å². The third kappa shape index (κ3) is 5.25. The second kappa shape index (κ2) is 9.97. The van der Waals surface area contributed by atoms with Crippen molar-refractivity contribution in [1.29, 1.82) is 0 Å². The van der Waals surface area contributed by atoms with Gasteiger partial charge in [-0.05, 0) is 36.2 Å². The highest BCUT2D eigenvalue weighted by Gasteiger charge is 2.12. The summed E-state index contributed by atoms with van der Waals surface area (Å²) in [5.74, 6) is 0.425. The number of aromatic nitrogens is 5. The van der Waals surface area contributed by atoms with Crippen molar-refractivity contribution in [2.75, 3.05) is 24.3 Å². The molecule has 162 valence electrons. The van der Waals surface area contributed by atoms with Crippen molar-refractivity contribution < 1.29 is 9.13 Å². The van der Waals surface area contributed by atoms with Gasteiger partial charge >= 0.3 is 6.01 Å². The Morgan fingerprint density at radius 3 is 2.62 bits per heavy atom. The maximum Gasteiger partial charge on any atom is 0.316 e. The zero-order chi connectivity index (χ0) is 22.3. The summed E-state index contributed by atoms with van der Waals surface area (Å²) < 4.78 is 18.5. The standard InChI is InChI=1S/C22H19ClFN7O/c1-32-22-28-11-15(12-29-22)17-13-27-21(30-16-4-5-19(24)18(23)9-16)31-20(17)26-8-6-14-3-2-7-25-10-14/h2-5,7,9-13H,6,8H2,1H3,(H2,26,27,30,31). The van der Waals surface area contributed by atoms with E-state index in [1.165, 1.54) is 19.2 Å². The summed E-state index contributed by atoms with van der Waals surface area (Å²) in [4.78, 5) is 21.4. The number of ether oxygens (including phenoxy) is 1. The van der Waals surface area contributed by atoms with E-state index >= 15 is 0 Å². The number of nitrogens with one attached hydrogen (secondary N) is 2. The van der Waals surface area contributed by atoms with Gasteiger partial charge in [-0.3, -0.25) is 4.98 Å². The first kappa shape index (κ1) is 21.4. The molecule has 3 heterocycles. The fourth-order valence-corrected chi connectivity index (χ4v) is 3.10. The van der Waals surface area contributed by atoms with Gasteiger partial charge in [-0.25, -0.2) is 19.3 Å². The van der Waals surface area contributed by atoms with E-state index in [-0.39, 0.29) is 11.0 Å². The van der Waals surface area contributed by atoms with Crippen molar-refractivity contribution in [3.05, 3.63) is 77.7 Å². The van der Waals surface area contributed by atoms with Gasteiger partial charge in [0.15, 0.2) is 0 Å². The topological polar surface area (TPSA) is 97.7 Å². The zero-order valence-corrected chi connectivity index (χ0v) is 17.8. The van der Waals surface area contributed by atoms with E-state index in [1.54, 1.807) is 30.9 Å². The van der Waals surface area contributed by atoms with Crippen LogP contribution in [0.3, 0.4) is 0 Å². The first-order chi connectivity index (χ1) is 15.6. The van der Waals surface area contributed by atoms with Crippen LogP contribution < -0.4 is 15.4 Å². The zero-order valence-electron chi connectivity index (χ0n) is 17.1. The molecule has 0 unspecified atom stereocenters. The molecular formula is C22H19ClFN7O. The molecule has 4 aromatic rings. The Kier molecular flexibility index (Phi) is 6.66. The van der Waals surface area contributed by atoms with Crippen molar-refractivity contribution in [3.8, 4) is 17.1 Å². The van der Waals surface area contributed by atoms with Crippen LogP contribution in [0.1, 0.15) is 5.56 Å². The Balaban J connectivity index is 1.59. The molecule has 8 nitrogen and oxygen atoms in total. The van der Waals surface area contributed by atoms with E-state index in [2.05, 4.69) is 35.6 Å². The van der Waals surface area contributed by atoms with Gasteiger partial charge in [0.2, 0.25) is 5.95 Å².